The normalized spacial score (nSPS) is 20.9. The number of halogens is 1. The predicted octanol–water partition coefficient (Wildman–Crippen LogP) is 3.62. The van der Waals surface area contributed by atoms with Crippen LogP contribution in [0.5, 0.6) is 0 Å². The first-order valence-corrected chi connectivity index (χ1v) is 12.8. The van der Waals surface area contributed by atoms with Crippen molar-refractivity contribution in [3.8, 4) is 0 Å². The van der Waals surface area contributed by atoms with Gasteiger partial charge in [0.25, 0.3) is 5.91 Å². The Morgan fingerprint density at radius 1 is 1.22 bits per heavy atom. The summed E-state index contributed by atoms with van der Waals surface area (Å²) in [5.41, 5.74) is 1.51. The molecular weight excluding hydrogens is 477 g/mol. The summed E-state index contributed by atoms with van der Waals surface area (Å²) in [7, 11) is 1.54. The fraction of sp³-hybridized carbons (Fsp3) is 0.538. The molecule has 3 aromatic rings. The lowest BCUT2D eigenvalue weighted by atomic mass is 10.1. The highest BCUT2D eigenvalue weighted by atomic mass is 19.1. The van der Waals surface area contributed by atoms with E-state index >= 15 is 0 Å². The third-order valence-corrected chi connectivity index (χ3v) is 7.04. The molecule has 2 aliphatic rings. The lowest BCUT2D eigenvalue weighted by Crippen LogP contribution is -2.46. The van der Waals surface area contributed by atoms with Gasteiger partial charge in [-0.3, -0.25) is 4.79 Å². The van der Waals surface area contributed by atoms with Gasteiger partial charge < -0.3 is 29.6 Å². The van der Waals surface area contributed by atoms with Crippen molar-refractivity contribution in [2.45, 2.75) is 57.5 Å². The van der Waals surface area contributed by atoms with Crippen LogP contribution in [0.3, 0.4) is 0 Å². The third kappa shape index (κ3) is 5.52. The number of amides is 1. The summed E-state index contributed by atoms with van der Waals surface area (Å²) in [6.07, 6.45) is 5.99. The van der Waals surface area contributed by atoms with Crippen LogP contribution in [0.1, 0.15) is 49.5 Å². The lowest BCUT2D eigenvalue weighted by molar-refractivity contribution is 0.0194. The molecule has 2 fully saturated rings. The van der Waals surface area contributed by atoms with Gasteiger partial charge >= 0.3 is 0 Å². The lowest BCUT2D eigenvalue weighted by Gasteiger charge is -2.33. The minimum Gasteiger partial charge on any atom is -0.381 e. The van der Waals surface area contributed by atoms with Gasteiger partial charge in [0, 0.05) is 69.0 Å². The number of carbonyl (C=O) groups is 1. The van der Waals surface area contributed by atoms with Crippen molar-refractivity contribution in [2.24, 2.45) is 0 Å². The molecule has 0 saturated carbocycles. The molecule has 198 valence electrons. The van der Waals surface area contributed by atoms with Crippen molar-refractivity contribution in [3.05, 3.63) is 36.3 Å². The van der Waals surface area contributed by atoms with Crippen LogP contribution in [0, 0.1) is 0 Å². The minimum atomic E-state index is -1.09. The maximum atomic E-state index is 14.4. The molecule has 0 aromatic carbocycles. The van der Waals surface area contributed by atoms with Gasteiger partial charge in [-0.2, -0.15) is 4.98 Å². The summed E-state index contributed by atoms with van der Waals surface area (Å²) in [5.74, 6) is 1.51. The van der Waals surface area contributed by atoms with E-state index in [1.807, 2.05) is 17.2 Å². The first-order valence-electron chi connectivity index (χ1n) is 12.8. The Kier molecular flexibility index (Phi) is 7.52. The summed E-state index contributed by atoms with van der Waals surface area (Å²) in [6, 6.07) is 3.94. The van der Waals surface area contributed by atoms with Crippen molar-refractivity contribution in [1.29, 1.82) is 0 Å². The Labute approximate surface area is 215 Å². The number of ether oxygens (including phenoxy) is 2. The van der Waals surface area contributed by atoms with Crippen LogP contribution < -0.4 is 15.5 Å². The molecule has 2 N–H and O–H groups in total. The largest absolute Gasteiger partial charge is 0.381 e. The number of hydrogen-bond donors (Lipinski definition) is 2. The first kappa shape index (κ1) is 25.3. The number of aromatic nitrogens is 4. The molecule has 0 spiro atoms. The van der Waals surface area contributed by atoms with Gasteiger partial charge in [0.05, 0.1) is 23.7 Å². The molecule has 2 atom stereocenters. The number of methoxy groups -OCH3 is 1. The number of nitrogens with one attached hydrogen (secondary N) is 2. The van der Waals surface area contributed by atoms with Crippen LogP contribution in [0.4, 0.5) is 22.0 Å². The highest BCUT2D eigenvalue weighted by Crippen LogP contribution is 2.28. The van der Waals surface area contributed by atoms with E-state index in [1.54, 1.807) is 18.5 Å². The smallest absolute Gasteiger partial charge is 0.253 e. The number of carbonyl (C=O) groups excluding carboxylic acids is 1. The second kappa shape index (κ2) is 11.0. The highest BCUT2D eigenvalue weighted by Gasteiger charge is 2.30. The maximum Gasteiger partial charge on any atom is 0.253 e. The molecule has 0 aliphatic carbocycles. The molecule has 2 unspecified atom stereocenters. The average Bonchev–Trinajstić information content (AvgIpc) is 3.29. The van der Waals surface area contributed by atoms with E-state index in [1.165, 1.54) is 7.11 Å². The van der Waals surface area contributed by atoms with Gasteiger partial charge in [0.15, 0.2) is 0 Å². The molecule has 5 heterocycles. The molecule has 2 aliphatic heterocycles. The van der Waals surface area contributed by atoms with Crippen LogP contribution in [-0.4, -0.2) is 77.2 Å². The molecule has 2 saturated heterocycles. The highest BCUT2D eigenvalue weighted by molar-refractivity contribution is 6.07. The number of piperidine rings is 1. The van der Waals surface area contributed by atoms with Crippen molar-refractivity contribution in [2.75, 3.05) is 43.6 Å². The molecule has 10 nitrogen and oxygen atoms in total. The molecule has 0 bridgehead atoms. The van der Waals surface area contributed by atoms with E-state index in [2.05, 4.69) is 44.0 Å². The molecule has 3 aromatic heterocycles. The van der Waals surface area contributed by atoms with Gasteiger partial charge in [0.1, 0.15) is 17.8 Å². The summed E-state index contributed by atoms with van der Waals surface area (Å²) in [5, 5.41) is 7.18. The zero-order chi connectivity index (χ0) is 25.9. The fourth-order valence-electron chi connectivity index (χ4n) is 4.96. The van der Waals surface area contributed by atoms with Crippen LogP contribution in [0.2, 0.25) is 0 Å². The average molecular weight is 512 g/mol. The van der Waals surface area contributed by atoms with Gasteiger partial charge in [-0.15, -0.1) is 0 Å². The predicted molar refractivity (Wildman–Crippen MR) is 139 cm³/mol. The quantitative estimate of drug-likeness (QED) is 0.496. The van der Waals surface area contributed by atoms with Crippen molar-refractivity contribution in [3.63, 3.8) is 0 Å². The van der Waals surface area contributed by atoms with Crippen LogP contribution in [0.25, 0.3) is 10.9 Å². The summed E-state index contributed by atoms with van der Waals surface area (Å²) in [6.45, 7) is 6.29. The first-order chi connectivity index (χ1) is 17.9. The number of hydrogen-bond acceptors (Lipinski definition) is 8. The van der Waals surface area contributed by atoms with Gasteiger partial charge in [-0.25, -0.2) is 14.4 Å². The van der Waals surface area contributed by atoms with E-state index in [4.69, 9.17) is 9.47 Å². The molecule has 1 amide bonds. The number of alkyl halides is 1. The molecule has 0 radical (unpaired) electrons. The van der Waals surface area contributed by atoms with Crippen LogP contribution in [-0.2, 0) is 9.47 Å². The number of fused-ring (bicyclic) bond motifs is 1. The molecule has 37 heavy (non-hydrogen) atoms. The van der Waals surface area contributed by atoms with Gasteiger partial charge in [-0.1, -0.05) is 0 Å². The van der Waals surface area contributed by atoms with Gasteiger partial charge in [0.2, 0.25) is 5.95 Å². The van der Waals surface area contributed by atoms with Crippen molar-refractivity contribution >= 4 is 34.4 Å². The molecule has 5 rings (SSSR count). The zero-order valence-corrected chi connectivity index (χ0v) is 21.5. The maximum absolute atomic E-state index is 14.4. The van der Waals surface area contributed by atoms with Crippen molar-refractivity contribution < 1.29 is 18.7 Å². The van der Waals surface area contributed by atoms with Gasteiger partial charge in [-0.05, 0) is 39.2 Å². The number of rotatable bonds is 7. The minimum absolute atomic E-state index is 0.0948. The van der Waals surface area contributed by atoms with E-state index in [9.17, 15) is 9.18 Å². The van der Waals surface area contributed by atoms with Crippen molar-refractivity contribution in [1.82, 2.24) is 24.8 Å². The Morgan fingerprint density at radius 3 is 2.76 bits per heavy atom. The summed E-state index contributed by atoms with van der Waals surface area (Å²) >= 11 is 0. The van der Waals surface area contributed by atoms with E-state index in [0.717, 1.165) is 23.7 Å². The fourth-order valence-corrected chi connectivity index (χ4v) is 4.96. The Bertz CT molecular complexity index is 1240. The summed E-state index contributed by atoms with van der Waals surface area (Å²) in [4.78, 5) is 28.4. The van der Waals surface area contributed by atoms with E-state index in [-0.39, 0.29) is 24.5 Å². The monoisotopic (exact) mass is 511 g/mol. The second-order valence-corrected chi connectivity index (χ2v) is 9.88. The molecular formula is C26H34FN7O3. The molecule has 11 heteroatoms. The standard InChI is InChI=1S/C26H34FN7O3/c1-16(2)34-14-19(25(35)30-17-6-10-37-11-7-17)18-13-29-24(12-21(18)34)31-23-4-8-28-26(32-23)33-9-5-22(36-3)20(27)15-33/h4,8,12-14,16-17,20,22H,5-7,9-11,15H2,1-3H3,(H,30,35)(H,28,29,31,32). The number of anilines is 3. The number of pyridine rings is 1. The third-order valence-electron chi connectivity index (χ3n) is 7.04. The van der Waals surface area contributed by atoms with E-state index in [0.29, 0.717) is 49.3 Å². The SMILES string of the molecule is COC1CCN(c2nccc(Nc3cc4c(cn3)c(C(=O)NC3CCOCC3)cn4C(C)C)n2)CC1F. The summed E-state index contributed by atoms with van der Waals surface area (Å²) < 4.78 is 27.1. The van der Waals surface area contributed by atoms with E-state index < -0.39 is 12.3 Å². The Hall–Kier alpha value is -3.31. The number of nitrogens with zero attached hydrogens (tertiary/aromatic N) is 5. The second-order valence-electron chi connectivity index (χ2n) is 9.88. The zero-order valence-electron chi connectivity index (χ0n) is 21.5. The van der Waals surface area contributed by atoms with Crippen LogP contribution in [0.15, 0.2) is 30.7 Å². The van der Waals surface area contributed by atoms with Crippen LogP contribution >= 0.6 is 0 Å². The Balaban J connectivity index is 1.36. The topological polar surface area (TPSA) is 106 Å². The Morgan fingerprint density at radius 2 is 2.03 bits per heavy atom.